The van der Waals surface area contributed by atoms with Crippen LogP contribution in [0.5, 0.6) is 0 Å². The molecular formula is C14H13N5O3S. The zero-order valence-electron chi connectivity index (χ0n) is 12.1. The molecule has 1 aromatic carbocycles. The predicted octanol–water partition coefficient (Wildman–Crippen LogP) is 1.77. The molecule has 8 nitrogen and oxygen atoms in total. The van der Waals surface area contributed by atoms with Gasteiger partial charge in [-0.25, -0.2) is 4.79 Å². The first-order valence-corrected chi connectivity index (χ1v) is 7.70. The van der Waals surface area contributed by atoms with Gasteiger partial charge in [-0.15, -0.1) is 10.2 Å². The summed E-state index contributed by atoms with van der Waals surface area (Å²) in [6.07, 6.45) is 1.80. The average molecular weight is 331 g/mol. The van der Waals surface area contributed by atoms with Gasteiger partial charge in [0.05, 0.1) is 11.3 Å². The summed E-state index contributed by atoms with van der Waals surface area (Å²) in [5.74, 6) is -0.0685. The van der Waals surface area contributed by atoms with Gasteiger partial charge in [-0.05, 0) is 6.07 Å². The Kier molecular flexibility index (Phi) is 4.29. The van der Waals surface area contributed by atoms with E-state index in [0.717, 1.165) is 28.2 Å². The van der Waals surface area contributed by atoms with Gasteiger partial charge in [0.25, 0.3) is 11.1 Å². The molecule has 0 aliphatic rings. The molecule has 0 spiro atoms. The number of rotatable bonds is 4. The molecule has 3 aromatic rings. The van der Waals surface area contributed by atoms with Gasteiger partial charge in [0.2, 0.25) is 5.91 Å². The highest BCUT2D eigenvalue weighted by molar-refractivity contribution is 7.99. The van der Waals surface area contributed by atoms with Crippen LogP contribution in [0.25, 0.3) is 22.4 Å². The number of urea groups is 1. The summed E-state index contributed by atoms with van der Waals surface area (Å²) in [4.78, 5) is 25.6. The topological polar surface area (TPSA) is 113 Å². The number of benzene rings is 1. The van der Waals surface area contributed by atoms with E-state index in [1.54, 1.807) is 6.20 Å². The lowest BCUT2D eigenvalue weighted by Crippen LogP contribution is -2.38. The molecular weight excluding hydrogens is 318 g/mol. The van der Waals surface area contributed by atoms with Crippen molar-refractivity contribution in [3.63, 3.8) is 0 Å². The van der Waals surface area contributed by atoms with Crippen LogP contribution in [0.4, 0.5) is 4.79 Å². The molecule has 23 heavy (non-hydrogen) atoms. The molecule has 2 aromatic heterocycles. The second-order valence-electron chi connectivity index (χ2n) is 4.54. The number of fused-ring (bicyclic) bond motifs is 1. The van der Waals surface area contributed by atoms with Crippen LogP contribution in [0, 0.1) is 0 Å². The van der Waals surface area contributed by atoms with E-state index in [2.05, 4.69) is 25.8 Å². The number of nitrogens with one attached hydrogen (secondary N) is 3. The monoisotopic (exact) mass is 331 g/mol. The van der Waals surface area contributed by atoms with E-state index < -0.39 is 11.9 Å². The van der Waals surface area contributed by atoms with Crippen LogP contribution in [0.3, 0.4) is 0 Å². The van der Waals surface area contributed by atoms with Crippen molar-refractivity contribution in [2.75, 3.05) is 12.8 Å². The number of H-pyrrole nitrogens is 1. The SMILES string of the molecule is CNC(=O)NC(=O)CSc1nnc(-c2c[nH]c3ccccc23)o1. The molecule has 3 rings (SSSR count). The maximum Gasteiger partial charge on any atom is 0.321 e. The lowest BCUT2D eigenvalue weighted by Gasteiger charge is -2.00. The van der Waals surface area contributed by atoms with Gasteiger partial charge in [-0.3, -0.25) is 10.1 Å². The van der Waals surface area contributed by atoms with E-state index in [9.17, 15) is 9.59 Å². The van der Waals surface area contributed by atoms with Crippen molar-refractivity contribution in [3.05, 3.63) is 30.5 Å². The van der Waals surface area contributed by atoms with Crippen LogP contribution in [0.15, 0.2) is 40.1 Å². The highest BCUT2D eigenvalue weighted by Gasteiger charge is 2.15. The summed E-state index contributed by atoms with van der Waals surface area (Å²) in [6, 6.07) is 7.21. The summed E-state index contributed by atoms with van der Waals surface area (Å²) in [5.41, 5.74) is 1.77. The molecule has 0 saturated carbocycles. The Bertz CT molecular complexity index is 857. The number of carbonyl (C=O) groups excluding carboxylic acids is 2. The maximum absolute atomic E-state index is 11.5. The van der Waals surface area contributed by atoms with Gasteiger partial charge >= 0.3 is 6.03 Å². The fourth-order valence-electron chi connectivity index (χ4n) is 1.98. The normalized spacial score (nSPS) is 10.7. The Balaban J connectivity index is 1.69. The molecule has 9 heteroatoms. The van der Waals surface area contributed by atoms with Crippen LogP contribution in [0.2, 0.25) is 0 Å². The Morgan fingerprint density at radius 3 is 2.96 bits per heavy atom. The van der Waals surface area contributed by atoms with Gasteiger partial charge in [0.15, 0.2) is 0 Å². The fraction of sp³-hybridized carbons (Fsp3) is 0.143. The number of thioether (sulfide) groups is 1. The zero-order chi connectivity index (χ0) is 16.2. The highest BCUT2D eigenvalue weighted by atomic mass is 32.2. The van der Waals surface area contributed by atoms with Crippen molar-refractivity contribution in [2.45, 2.75) is 5.22 Å². The molecule has 0 bridgehead atoms. The largest absolute Gasteiger partial charge is 0.411 e. The van der Waals surface area contributed by atoms with Gasteiger partial charge in [0, 0.05) is 24.1 Å². The molecule has 118 valence electrons. The van der Waals surface area contributed by atoms with Crippen LogP contribution >= 0.6 is 11.8 Å². The number of hydrogen-bond donors (Lipinski definition) is 3. The Morgan fingerprint density at radius 2 is 2.13 bits per heavy atom. The van der Waals surface area contributed by atoms with Crippen molar-refractivity contribution in [2.24, 2.45) is 0 Å². The predicted molar refractivity (Wildman–Crippen MR) is 84.9 cm³/mol. The smallest absolute Gasteiger partial charge is 0.321 e. The van der Waals surface area contributed by atoms with E-state index in [0.29, 0.717) is 5.89 Å². The Morgan fingerprint density at radius 1 is 1.30 bits per heavy atom. The van der Waals surface area contributed by atoms with Gasteiger partial charge < -0.3 is 14.7 Å². The Hall–Kier alpha value is -2.81. The van der Waals surface area contributed by atoms with E-state index in [1.165, 1.54) is 7.05 Å². The number of aromatic amines is 1. The number of imide groups is 1. The van der Waals surface area contributed by atoms with E-state index in [-0.39, 0.29) is 11.0 Å². The molecule has 0 fully saturated rings. The number of aromatic nitrogens is 3. The van der Waals surface area contributed by atoms with Gasteiger partial charge in [0.1, 0.15) is 0 Å². The van der Waals surface area contributed by atoms with Crippen molar-refractivity contribution in [1.29, 1.82) is 0 Å². The van der Waals surface area contributed by atoms with Crippen molar-refractivity contribution in [1.82, 2.24) is 25.8 Å². The van der Waals surface area contributed by atoms with Crippen LogP contribution in [-0.2, 0) is 4.79 Å². The number of amides is 3. The number of nitrogens with zero attached hydrogens (tertiary/aromatic N) is 2. The number of para-hydroxylation sites is 1. The molecule has 2 heterocycles. The van der Waals surface area contributed by atoms with Crippen molar-refractivity contribution >= 4 is 34.6 Å². The average Bonchev–Trinajstić information content (AvgIpc) is 3.19. The summed E-state index contributed by atoms with van der Waals surface area (Å²) < 4.78 is 5.56. The standard InChI is InChI=1S/C14H13N5O3S/c1-15-13(21)17-11(20)7-23-14-19-18-12(22-14)9-6-16-10-5-3-2-4-8(9)10/h2-6,16H,7H2,1H3,(H2,15,17,20,21). The van der Waals surface area contributed by atoms with E-state index >= 15 is 0 Å². The van der Waals surface area contributed by atoms with Crippen LogP contribution < -0.4 is 10.6 Å². The third-order valence-corrected chi connectivity index (χ3v) is 3.85. The Labute approximate surface area is 135 Å². The molecule has 3 N–H and O–H groups in total. The first kappa shape index (κ1) is 15.1. The first-order valence-electron chi connectivity index (χ1n) is 6.71. The van der Waals surface area contributed by atoms with Crippen LogP contribution in [-0.4, -0.2) is 39.9 Å². The minimum Gasteiger partial charge on any atom is -0.411 e. The van der Waals surface area contributed by atoms with Crippen molar-refractivity contribution < 1.29 is 14.0 Å². The van der Waals surface area contributed by atoms with Gasteiger partial charge in [-0.1, -0.05) is 30.0 Å². The third-order valence-electron chi connectivity index (χ3n) is 3.03. The van der Waals surface area contributed by atoms with Gasteiger partial charge in [-0.2, -0.15) is 0 Å². The molecule has 0 radical (unpaired) electrons. The van der Waals surface area contributed by atoms with E-state index in [4.69, 9.17) is 4.42 Å². The first-order chi connectivity index (χ1) is 11.2. The van der Waals surface area contributed by atoms with Crippen molar-refractivity contribution in [3.8, 4) is 11.5 Å². The molecule has 3 amide bonds. The molecule has 0 aliphatic heterocycles. The highest BCUT2D eigenvalue weighted by Crippen LogP contribution is 2.29. The minimum absolute atomic E-state index is 0.00291. The lowest BCUT2D eigenvalue weighted by molar-refractivity contribution is -0.117. The summed E-state index contributed by atoms with van der Waals surface area (Å²) in [6.45, 7) is 0. The summed E-state index contributed by atoms with van der Waals surface area (Å²) in [7, 11) is 1.43. The molecule has 0 aliphatic carbocycles. The third kappa shape index (κ3) is 3.34. The fourth-order valence-corrected chi connectivity index (χ4v) is 2.54. The second kappa shape index (κ2) is 6.53. The quantitative estimate of drug-likeness (QED) is 0.628. The lowest BCUT2D eigenvalue weighted by atomic mass is 10.2. The van der Waals surface area contributed by atoms with E-state index in [1.807, 2.05) is 24.3 Å². The summed E-state index contributed by atoms with van der Waals surface area (Å²) in [5, 5.41) is 13.6. The zero-order valence-corrected chi connectivity index (χ0v) is 12.9. The maximum atomic E-state index is 11.5. The second-order valence-corrected chi connectivity index (χ2v) is 5.46. The summed E-state index contributed by atoms with van der Waals surface area (Å²) >= 11 is 1.06. The molecule has 0 saturated heterocycles. The number of carbonyl (C=O) groups is 2. The number of hydrogen-bond acceptors (Lipinski definition) is 6. The van der Waals surface area contributed by atoms with Crippen LogP contribution in [0.1, 0.15) is 0 Å². The minimum atomic E-state index is -0.555. The molecule has 0 atom stereocenters. The molecule has 0 unspecified atom stereocenters.